The Bertz CT molecular complexity index is 477. The predicted octanol–water partition coefficient (Wildman–Crippen LogP) is 0.779. The van der Waals surface area contributed by atoms with Gasteiger partial charge in [0, 0.05) is 30.9 Å². The maximum Gasteiger partial charge on any atom is 0.228 e. The van der Waals surface area contributed by atoms with Gasteiger partial charge in [-0.3, -0.25) is 9.20 Å². The molecule has 2 rings (SSSR count). The molecule has 0 unspecified atom stereocenters. The minimum atomic E-state index is -0.00212. The monoisotopic (exact) mass is 253 g/mol. The number of likely N-dealkylation sites (N-methyl/N-ethyl adjacent to an activating group) is 1. The molecule has 0 saturated carbocycles. The fraction of sp³-hybridized carbons (Fsp3) is 0.455. The van der Waals surface area contributed by atoms with Crippen molar-refractivity contribution in [1.82, 2.24) is 14.3 Å². The van der Waals surface area contributed by atoms with Gasteiger partial charge in [0.2, 0.25) is 5.91 Å². The summed E-state index contributed by atoms with van der Waals surface area (Å²) >= 11 is 1.55. The number of aliphatic hydroxyl groups excluding tert-OH is 1. The van der Waals surface area contributed by atoms with Crippen LogP contribution in [0, 0.1) is 0 Å². The van der Waals surface area contributed by atoms with Gasteiger partial charge in [-0.15, -0.1) is 11.3 Å². The van der Waals surface area contributed by atoms with E-state index in [0.29, 0.717) is 19.5 Å². The van der Waals surface area contributed by atoms with E-state index in [-0.39, 0.29) is 12.5 Å². The minimum absolute atomic E-state index is 0.00212. The van der Waals surface area contributed by atoms with Crippen LogP contribution in [0.5, 0.6) is 0 Å². The first-order valence-electron chi connectivity index (χ1n) is 5.54. The van der Waals surface area contributed by atoms with Crippen molar-refractivity contribution in [3.63, 3.8) is 0 Å². The summed E-state index contributed by atoms with van der Waals surface area (Å²) in [5.41, 5.74) is 0.776. The number of aliphatic hydroxyl groups is 1. The number of amides is 1. The maximum absolute atomic E-state index is 11.9. The van der Waals surface area contributed by atoms with E-state index in [0.717, 1.165) is 10.7 Å². The van der Waals surface area contributed by atoms with Crippen LogP contribution < -0.4 is 0 Å². The SMILES string of the molecule is CCN(CCO)C(=O)Cc1cn2ccsc2n1. The molecule has 1 N–H and O–H groups in total. The van der Waals surface area contributed by atoms with Crippen molar-refractivity contribution in [1.29, 1.82) is 0 Å². The van der Waals surface area contributed by atoms with Gasteiger partial charge in [0.1, 0.15) is 0 Å². The van der Waals surface area contributed by atoms with E-state index in [9.17, 15) is 4.79 Å². The van der Waals surface area contributed by atoms with Gasteiger partial charge in [-0.05, 0) is 6.92 Å². The summed E-state index contributed by atoms with van der Waals surface area (Å²) in [4.78, 5) is 18.8. The molecule has 0 aliphatic carbocycles. The standard InChI is InChI=1S/C11H15N3O2S/c1-2-13(3-5-15)10(16)7-9-8-14-4-6-17-11(14)12-9/h4,6,8,15H,2-3,5,7H2,1H3. The predicted molar refractivity (Wildman–Crippen MR) is 66.1 cm³/mol. The van der Waals surface area contributed by atoms with Crippen molar-refractivity contribution in [2.45, 2.75) is 13.3 Å². The third-order valence-corrected chi connectivity index (χ3v) is 3.35. The van der Waals surface area contributed by atoms with Gasteiger partial charge in [0.15, 0.2) is 4.96 Å². The third-order valence-electron chi connectivity index (χ3n) is 2.58. The summed E-state index contributed by atoms with van der Waals surface area (Å²) in [7, 11) is 0. The van der Waals surface area contributed by atoms with Crippen LogP contribution in [0.3, 0.4) is 0 Å². The van der Waals surface area contributed by atoms with Crippen LogP contribution in [0.1, 0.15) is 12.6 Å². The van der Waals surface area contributed by atoms with Gasteiger partial charge >= 0.3 is 0 Å². The summed E-state index contributed by atoms with van der Waals surface area (Å²) in [6, 6.07) is 0. The molecule has 2 aromatic rings. The van der Waals surface area contributed by atoms with Gasteiger partial charge in [0.05, 0.1) is 18.7 Å². The number of imidazole rings is 1. The van der Waals surface area contributed by atoms with Crippen LogP contribution in [0.25, 0.3) is 4.96 Å². The Labute approximate surface area is 103 Å². The van der Waals surface area contributed by atoms with Crippen molar-refractivity contribution < 1.29 is 9.90 Å². The molecule has 0 aliphatic rings. The normalized spacial score (nSPS) is 10.9. The smallest absolute Gasteiger partial charge is 0.228 e. The van der Waals surface area contributed by atoms with Gasteiger partial charge in [-0.25, -0.2) is 4.98 Å². The van der Waals surface area contributed by atoms with Crippen molar-refractivity contribution >= 4 is 22.2 Å². The molecular weight excluding hydrogens is 238 g/mol. The first kappa shape index (κ1) is 12.1. The molecule has 0 saturated heterocycles. The second-order valence-corrected chi connectivity index (χ2v) is 4.57. The summed E-state index contributed by atoms with van der Waals surface area (Å²) in [5, 5.41) is 10.8. The Hall–Kier alpha value is -1.40. The number of aromatic nitrogens is 2. The van der Waals surface area contributed by atoms with E-state index < -0.39 is 0 Å². The number of hydrogen-bond acceptors (Lipinski definition) is 4. The molecule has 0 fully saturated rings. The third kappa shape index (κ3) is 2.65. The van der Waals surface area contributed by atoms with E-state index in [4.69, 9.17) is 5.11 Å². The van der Waals surface area contributed by atoms with Gasteiger partial charge in [-0.2, -0.15) is 0 Å². The second kappa shape index (κ2) is 5.29. The number of rotatable bonds is 5. The zero-order valence-corrected chi connectivity index (χ0v) is 10.5. The van der Waals surface area contributed by atoms with Gasteiger partial charge in [0.25, 0.3) is 0 Å². The Morgan fingerprint density at radius 1 is 1.65 bits per heavy atom. The maximum atomic E-state index is 11.9. The molecule has 6 heteroatoms. The molecule has 92 valence electrons. The summed E-state index contributed by atoms with van der Waals surface area (Å²) in [6.07, 6.45) is 4.09. The quantitative estimate of drug-likeness (QED) is 0.856. The first-order valence-corrected chi connectivity index (χ1v) is 6.42. The Morgan fingerprint density at radius 3 is 3.12 bits per heavy atom. The Balaban J connectivity index is 2.05. The number of nitrogens with zero attached hydrogens (tertiary/aromatic N) is 3. The lowest BCUT2D eigenvalue weighted by molar-refractivity contribution is -0.130. The highest BCUT2D eigenvalue weighted by atomic mass is 32.1. The Kier molecular flexibility index (Phi) is 3.75. The Morgan fingerprint density at radius 2 is 2.47 bits per heavy atom. The van der Waals surface area contributed by atoms with Crippen molar-refractivity contribution in [3.8, 4) is 0 Å². The van der Waals surface area contributed by atoms with Crippen LogP contribution in [-0.2, 0) is 11.2 Å². The number of hydrogen-bond donors (Lipinski definition) is 1. The number of fused-ring (bicyclic) bond motifs is 1. The summed E-state index contributed by atoms with van der Waals surface area (Å²) in [6.45, 7) is 2.90. The minimum Gasteiger partial charge on any atom is -0.395 e. The molecule has 0 spiro atoms. The molecular formula is C11H15N3O2S. The van der Waals surface area contributed by atoms with Crippen molar-refractivity contribution in [3.05, 3.63) is 23.5 Å². The van der Waals surface area contributed by atoms with Crippen LogP contribution in [0.4, 0.5) is 0 Å². The molecule has 0 aliphatic heterocycles. The highest BCUT2D eigenvalue weighted by molar-refractivity contribution is 7.15. The van der Waals surface area contributed by atoms with E-state index in [1.807, 2.05) is 29.1 Å². The molecule has 0 atom stereocenters. The molecule has 17 heavy (non-hydrogen) atoms. The number of thiazole rings is 1. The van der Waals surface area contributed by atoms with Crippen LogP contribution in [0.15, 0.2) is 17.8 Å². The molecule has 0 radical (unpaired) electrons. The number of carbonyl (C=O) groups is 1. The molecule has 1 amide bonds. The van der Waals surface area contributed by atoms with Gasteiger partial charge < -0.3 is 10.0 Å². The number of carbonyl (C=O) groups excluding carboxylic acids is 1. The summed E-state index contributed by atoms with van der Waals surface area (Å²) < 4.78 is 1.91. The second-order valence-electron chi connectivity index (χ2n) is 3.70. The highest BCUT2D eigenvalue weighted by Crippen LogP contribution is 2.12. The van der Waals surface area contributed by atoms with E-state index in [1.165, 1.54) is 0 Å². The summed E-state index contributed by atoms with van der Waals surface area (Å²) in [5.74, 6) is 0.00676. The zero-order valence-electron chi connectivity index (χ0n) is 9.67. The average Bonchev–Trinajstić information content (AvgIpc) is 2.85. The molecule has 2 heterocycles. The topological polar surface area (TPSA) is 57.8 Å². The van der Waals surface area contributed by atoms with E-state index in [2.05, 4.69) is 4.98 Å². The lowest BCUT2D eigenvalue weighted by atomic mass is 10.3. The lowest BCUT2D eigenvalue weighted by Gasteiger charge is -2.18. The molecule has 5 nitrogen and oxygen atoms in total. The zero-order chi connectivity index (χ0) is 12.3. The van der Waals surface area contributed by atoms with E-state index in [1.54, 1.807) is 16.2 Å². The van der Waals surface area contributed by atoms with E-state index >= 15 is 0 Å². The lowest BCUT2D eigenvalue weighted by Crippen LogP contribution is -2.34. The highest BCUT2D eigenvalue weighted by Gasteiger charge is 2.13. The van der Waals surface area contributed by atoms with Crippen LogP contribution in [-0.4, -0.2) is 45.0 Å². The fourth-order valence-corrected chi connectivity index (χ4v) is 2.43. The van der Waals surface area contributed by atoms with Crippen LogP contribution >= 0.6 is 11.3 Å². The largest absolute Gasteiger partial charge is 0.395 e. The molecule has 2 aromatic heterocycles. The average molecular weight is 253 g/mol. The fourth-order valence-electron chi connectivity index (χ4n) is 1.71. The first-order chi connectivity index (χ1) is 8.24. The van der Waals surface area contributed by atoms with Gasteiger partial charge in [-0.1, -0.05) is 0 Å². The van der Waals surface area contributed by atoms with Crippen molar-refractivity contribution in [2.75, 3.05) is 19.7 Å². The van der Waals surface area contributed by atoms with Crippen LogP contribution in [0.2, 0.25) is 0 Å². The van der Waals surface area contributed by atoms with Crippen molar-refractivity contribution in [2.24, 2.45) is 0 Å². The molecule has 0 aromatic carbocycles. The molecule has 0 bridgehead atoms.